The van der Waals surface area contributed by atoms with Crippen molar-refractivity contribution in [2.75, 3.05) is 19.7 Å². The molecular weight excluding hydrogens is 152 g/mol. The van der Waals surface area contributed by atoms with E-state index in [1.807, 2.05) is 0 Å². The highest BCUT2D eigenvalue weighted by Crippen LogP contribution is 2.25. The molecule has 1 saturated carbocycles. The molecular formula is C9H18N2O. The van der Waals surface area contributed by atoms with Crippen molar-refractivity contribution in [3.63, 3.8) is 0 Å². The van der Waals surface area contributed by atoms with Gasteiger partial charge in [-0.25, -0.2) is 0 Å². The van der Waals surface area contributed by atoms with Gasteiger partial charge in [0.2, 0.25) is 0 Å². The van der Waals surface area contributed by atoms with Gasteiger partial charge >= 0.3 is 0 Å². The van der Waals surface area contributed by atoms with Gasteiger partial charge in [-0.05, 0) is 19.8 Å². The van der Waals surface area contributed by atoms with E-state index < -0.39 is 0 Å². The van der Waals surface area contributed by atoms with Crippen molar-refractivity contribution < 1.29 is 4.74 Å². The van der Waals surface area contributed by atoms with Crippen LogP contribution in [0.4, 0.5) is 0 Å². The van der Waals surface area contributed by atoms with Crippen LogP contribution in [-0.4, -0.2) is 42.8 Å². The second-order valence-electron chi connectivity index (χ2n) is 3.98. The highest BCUT2D eigenvalue weighted by atomic mass is 16.5. The summed E-state index contributed by atoms with van der Waals surface area (Å²) in [6, 6.07) is 1.08. The number of hydrogen-bond acceptors (Lipinski definition) is 3. The van der Waals surface area contributed by atoms with Crippen LogP contribution in [0, 0.1) is 0 Å². The maximum absolute atomic E-state index is 5.92. The molecule has 3 atom stereocenters. The second kappa shape index (κ2) is 3.32. The van der Waals surface area contributed by atoms with Gasteiger partial charge in [0.25, 0.3) is 0 Å². The molecule has 3 nitrogen and oxygen atoms in total. The molecule has 2 fully saturated rings. The van der Waals surface area contributed by atoms with Crippen LogP contribution in [0.1, 0.15) is 19.8 Å². The van der Waals surface area contributed by atoms with Crippen molar-refractivity contribution >= 4 is 0 Å². The fraction of sp³-hybridized carbons (Fsp3) is 1.00. The van der Waals surface area contributed by atoms with E-state index in [9.17, 15) is 0 Å². The Morgan fingerprint density at radius 2 is 2.25 bits per heavy atom. The third kappa shape index (κ3) is 1.49. The summed E-state index contributed by atoms with van der Waals surface area (Å²) in [6.07, 6.45) is 2.89. The Morgan fingerprint density at radius 3 is 2.75 bits per heavy atom. The lowest BCUT2D eigenvalue weighted by Gasteiger charge is -2.45. The molecule has 2 aliphatic rings. The van der Waals surface area contributed by atoms with Crippen molar-refractivity contribution in [1.29, 1.82) is 0 Å². The van der Waals surface area contributed by atoms with Crippen LogP contribution in [0.2, 0.25) is 0 Å². The number of hydrogen-bond donors (Lipinski definition) is 1. The van der Waals surface area contributed by atoms with Crippen molar-refractivity contribution in [2.24, 2.45) is 5.73 Å². The van der Waals surface area contributed by atoms with E-state index in [0.717, 1.165) is 19.7 Å². The van der Waals surface area contributed by atoms with Crippen LogP contribution < -0.4 is 5.73 Å². The van der Waals surface area contributed by atoms with Crippen LogP contribution in [0.3, 0.4) is 0 Å². The molecule has 0 aromatic heterocycles. The van der Waals surface area contributed by atoms with Gasteiger partial charge in [-0.2, -0.15) is 0 Å². The topological polar surface area (TPSA) is 38.5 Å². The summed E-state index contributed by atoms with van der Waals surface area (Å²) in [5.41, 5.74) is 5.92. The SMILES string of the molecule is C[C@@H]1CN([C@H]2CC[C@@H]2N)CCO1. The largest absolute Gasteiger partial charge is 0.376 e. The molecule has 1 heterocycles. The maximum Gasteiger partial charge on any atom is 0.0674 e. The first kappa shape index (κ1) is 8.48. The fourth-order valence-corrected chi connectivity index (χ4v) is 2.11. The van der Waals surface area contributed by atoms with Crippen LogP contribution in [0.25, 0.3) is 0 Å². The molecule has 0 amide bonds. The number of morpholine rings is 1. The van der Waals surface area contributed by atoms with Gasteiger partial charge in [0.15, 0.2) is 0 Å². The third-order valence-corrected chi connectivity index (χ3v) is 3.03. The molecule has 0 aromatic carbocycles. The standard InChI is InChI=1S/C9H18N2O/c1-7-6-11(4-5-12-7)9-3-2-8(9)10/h7-9H,2-6,10H2,1H3/t7-,8+,9+/m1/s1. The first-order valence-electron chi connectivity index (χ1n) is 4.88. The minimum atomic E-state index is 0.395. The number of nitrogens with zero attached hydrogens (tertiary/aromatic N) is 1. The van der Waals surface area contributed by atoms with Gasteiger partial charge in [0.05, 0.1) is 12.7 Å². The highest BCUT2D eigenvalue weighted by molar-refractivity contribution is 4.93. The predicted molar refractivity (Wildman–Crippen MR) is 48.0 cm³/mol. The lowest BCUT2D eigenvalue weighted by atomic mass is 9.85. The monoisotopic (exact) mass is 170 g/mol. The molecule has 0 spiro atoms. The summed E-state index contributed by atoms with van der Waals surface area (Å²) >= 11 is 0. The number of nitrogens with two attached hydrogens (primary N) is 1. The molecule has 70 valence electrons. The molecule has 1 aliphatic heterocycles. The summed E-state index contributed by atoms with van der Waals surface area (Å²) < 4.78 is 5.48. The van der Waals surface area contributed by atoms with Crippen molar-refractivity contribution in [3.05, 3.63) is 0 Å². The Morgan fingerprint density at radius 1 is 1.42 bits per heavy atom. The molecule has 2 N–H and O–H groups in total. The number of ether oxygens (including phenoxy) is 1. The average molecular weight is 170 g/mol. The van der Waals surface area contributed by atoms with Gasteiger partial charge < -0.3 is 10.5 Å². The molecule has 0 radical (unpaired) electrons. The molecule has 1 saturated heterocycles. The summed E-state index contributed by atoms with van der Waals surface area (Å²) in [7, 11) is 0. The first-order chi connectivity index (χ1) is 5.77. The average Bonchev–Trinajstić information content (AvgIpc) is 2.02. The normalized spacial score (nSPS) is 44.0. The third-order valence-electron chi connectivity index (χ3n) is 3.03. The van der Waals surface area contributed by atoms with E-state index in [1.165, 1.54) is 12.8 Å². The van der Waals surface area contributed by atoms with Gasteiger partial charge in [0, 0.05) is 25.2 Å². The van der Waals surface area contributed by atoms with Gasteiger partial charge in [-0.15, -0.1) is 0 Å². The van der Waals surface area contributed by atoms with E-state index >= 15 is 0 Å². The van der Waals surface area contributed by atoms with Crippen molar-refractivity contribution in [3.8, 4) is 0 Å². The van der Waals surface area contributed by atoms with Crippen LogP contribution in [0.5, 0.6) is 0 Å². The minimum absolute atomic E-state index is 0.395. The lowest BCUT2D eigenvalue weighted by Crippen LogP contribution is -2.58. The predicted octanol–water partition coefficient (Wildman–Crippen LogP) is 0.197. The Balaban J connectivity index is 1.86. The van der Waals surface area contributed by atoms with Crippen LogP contribution in [-0.2, 0) is 4.74 Å². The fourth-order valence-electron chi connectivity index (χ4n) is 2.11. The summed E-state index contributed by atoms with van der Waals surface area (Å²) in [5, 5.41) is 0. The Hall–Kier alpha value is -0.120. The van der Waals surface area contributed by atoms with E-state index in [4.69, 9.17) is 10.5 Å². The van der Waals surface area contributed by atoms with E-state index in [0.29, 0.717) is 18.2 Å². The molecule has 0 unspecified atom stereocenters. The molecule has 3 heteroatoms. The zero-order chi connectivity index (χ0) is 8.55. The Labute approximate surface area is 73.9 Å². The zero-order valence-electron chi connectivity index (χ0n) is 7.70. The maximum atomic E-state index is 5.92. The van der Waals surface area contributed by atoms with Crippen molar-refractivity contribution in [2.45, 2.75) is 38.0 Å². The van der Waals surface area contributed by atoms with E-state index in [-0.39, 0.29) is 0 Å². The number of rotatable bonds is 1. The Bertz CT molecular complexity index is 163. The zero-order valence-corrected chi connectivity index (χ0v) is 7.70. The second-order valence-corrected chi connectivity index (χ2v) is 3.98. The Kier molecular flexibility index (Phi) is 2.35. The molecule has 0 bridgehead atoms. The van der Waals surface area contributed by atoms with Crippen LogP contribution in [0.15, 0.2) is 0 Å². The summed E-state index contributed by atoms with van der Waals surface area (Å²) in [4.78, 5) is 2.49. The molecule has 1 aliphatic carbocycles. The summed E-state index contributed by atoms with van der Waals surface area (Å²) in [5.74, 6) is 0. The van der Waals surface area contributed by atoms with E-state index in [1.54, 1.807) is 0 Å². The van der Waals surface area contributed by atoms with Crippen LogP contribution >= 0.6 is 0 Å². The highest BCUT2D eigenvalue weighted by Gasteiger charge is 2.34. The smallest absolute Gasteiger partial charge is 0.0674 e. The van der Waals surface area contributed by atoms with Gasteiger partial charge in [-0.1, -0.05) is 0 Å². The molecule has 0 aromatic rings. The molecule has 2 rings (SSSR count). The quantitative estimate of drug-likeness (QED) is 0.611. The van der Waals surface area contributed by atoms with Gasteiger partial charge in [0.1, 0.15) is 0 Å². The van der Waals surface area contributed by atoms with Gasteiger partial charge in [-0.3, -0.25) is 4.90 Å². The lowest BCUT2D eigenvalue weighted by molar-refractivity contribution is -0.0512. The first-order valence-corrected chi connectivity index (χ1v) is 4.88. The summed E-state index contributed by atoms with van der Waals surface area (Å²) in [6.45, 7) is 5.15. The van der Waals surface area contributed by atoms with Crippen molar-refractivity contribution in [1.82, 2.24) is 4.90 Å². The molecule has 12 heavy (non-hydrogen) atoms. The van der Waals surface area contributed by atoms with E-state index in [2.05, 4.69) is 11.8 Å². The minimum Gasteiger partial charge on any atom is -0.376 e.